The van der Waals surface area contributed by atoms with E-state index in [-0.39, 0.29) is 6.04 Å². The summed E-state index contributed by atoms with van der Waals surface area (Å²) in [5.74, 6) is 2.50. The van der Waals surface area contributed by atoms with Crippen LogP contribution in [-0.2, 0) is 0 Å². The molecule has 7 nitrogen and oxygen atoms in total. The molecule has 1 atom stereocenters. The zero-order chi connectivity index (χ0) is 19.7. The van der Waals surface area contributed by atoms with Gasteiger partial charge in [0.25, 0.3) is 0 Å². The van der Waals surface area contributed by atoms with Crippen LogP contribution in [0.4, 0.5) is 5.95 Å². The smallest absolute Gasteiger partial charge is 0.226 e. The molecular weight excluding hydrogens is 380 g/mol. The summed E-state index contributed by atoms with van der Waals surface area (Å²) in [4.78, 5) is 4.33. The number of halogens is 1. The maximum atomic E-state index is 6.03. The second-order valence-corrected chi connectivity index (χ2v) is 6.57. The zero-order valence-electron chi connectivity index (χ0n) is 15.6. The molecule has 1 aromatic heterocycles. The number of ether oxygens (including phenoxy) is 3. The number of rotatable bonds is 5. The minimum atomic E-state index is -0.251. The number of methoxy groups -OCH3 is 3. The fourth-order valence-corrected chi connectivity index (χ4v) is 3.36. The quantitative estimate of drug-likeness (QED) is 0.700. The van der Waals surface area contributed by atoms with E-state index in [1.807, 2.05) is 36.4 Å². The van der Waals surface area contributed by atoms with Crippen molar-refractivity contribution in [2.24, 2.45) is 0 Å². The molecule has 1 aliphatic rings. The van der Waals surface area contributed by atoms with Crippen molar-refractivity contribution in [3.05, 3.63) is 65.0 Å². The van der Waals surface area contributed by atoms with E-state index in [1.54, 1.807) is 26.0 Å². The Labute approximate surface area is 167 Å². The molecule has 0 saturated carbocycles. The number of anilines is 1. The molecule has 0 amide bonds. The van der Waals surface area contributed by atoms with E-state index in [4.69, 9.17) is 25.8 Å². The molecule has 28 heavy (non-hydrogen) atoms. The Kier molecular flexibility index (Phi) is 4.83. The summed E-state index contributed by atoms with van der Waals surface area (Å²) in [6, 6.07) is 11.1. The van der Waals surface area contributed by atoms with Crippen LogP contribution in [0.1, 0.15) is 17.2 Å². The van der Waals surface area contributed by atoms with Crippen molar-refractivity contribution < 1.29 is 14.2 Å². The van der Waals surface area contributed by atoms with Crippen LogP contribution >= 0.6 is 11.6 Å². The lowest BCUT2D eigenvalue weighted by Gasteiger charge is -2.26. The van der Waals surface area contributed by atoms with Gasteiger partial charge in [0.05, 0.1) is 21.3 Å². The Morgan fingerprint density at radius 3 is 2.32 bits per heavy atom. The summed E-state index contributed by atoms with van der Waals surface area (Å²) in [5, 5.41) is 8.37. The Morgan fingerprint density at radius 2 is 1.64 bits per heavy atom. The molecule has 0 fully saturated rings. The van der Waals surface area contributed by atoms with E-state index >= 15 is 0 Å². The van der Waals surface area contributed by atoms with Crippen LogP contribution in [0.3, 0.4) is 0 Å². The molecule has 3 aromatic rings. The number of allylic oxidation sites excluding steroid dienone is 1. The predicted molar refractivity (Wildman–Crippen MR) is 107 cm³/mol. The van der Waals surface area contributed by atoms with Crippen LogP contribution in [0.15, 0.2) is 48.8 Å². The van der Waals surface area contributed by atoms with Crippen molar-refractivity contribution in [3.63, 3.8) is 0 Å². The lowest BCUT2D eigenvalue weighted by molar-refractivity contribution is 0.346. The SMILES string of the molecule is COc1cc(OC)c([C@H]2C=C(c3ccc(Cl)cc3)Nc3ncnn32)cc1OC. The lowest BCUT2D eigenvalue weighted by atomic mass is 10.00. The number of hydrogen-bond donors (Lipinski definition) is 1. The standard InChI is InChI=1S/C20H19ClN4O3/c1-26-17-10-19(28-3)18(27-2)8-14(17)16-9-15(12-4-6-13(21)7-5-12)24-20-22-11-23-25(16)20/h4-11,16H,1-3H3,(H,22,23,24)/t16-/m1/s1. The molecule has 0 spiro atoms. The second-order valence-electron chi connectivity index (χ2n) is 6.13. The van der Waals surface area contributed by atoms with E-state index < -0.39 is 0 Å². The minimum absolute atomic E-state index is 0.251. The number of hydrogen-bond acceptors (Lipinski definition) is 6. The summed E-state index contributed by atoms with van der Waals surface area (Å²) in [6.45, 7) is 0. The van der Waals surface area contributed by atoms with Crippen LogP contribution in [-0.4, -0.2) is 36.1 Å². The molecule has 1 aliphatic heterocycles. The van der Waals surface area contributed by atoms with Gasteiger partial charge in [-0.25, -0.2) is 4.68 Å². The lowest BCUT2D eigenvalue weighted by Crippen LogP contribution is -2.20. The third-order valence-electron chi connectivity index (χ3n) is 4.62. The van der Waals surface area contributed by atoms with Gasteiger partial charge < -0.3 is 19.5 Å². The Bertz CT molecular complexity index is 1030. The van der Waals surface area contributed by atoms with Crippen molar-refractivity contribution in [2.45, 2.75) is 6.04 Å². The molecule has 0 aliphatic carbocycles. The van der Waals surface area contributed by atoms with E-state index in [2.05, 4.69) is 21.5 Å². The molecule has 0 unspecified atom stereocenters. The summed E-state index contributed by atoms with van der Waals surface area (Å²) < 4.78 is 18.3. The highest BCUT2D eigenvalue weighted by Crippen LogP contribution is 2.41. The van der Waals surface area contributed by atoms with Crippen LogP contribution < -0.4 is 19.5 Å². The first-order valence-electron chi connectivity index (χ1n) is 8.58. The van der Waals surface area contributed by atoms with Gasteiger partial charge in [0.15, 0.2) is 11.5 Å². The normalized spacial score (nSPS) is 15.3. The van der Waals surface area contributed by atoms with Gasteiger partial charge in [-0.3, -0.25) is 0 Å². The van der Waals surface area contributed by atoms with Gasteiger partial charge in [-0.05, 0) is 29.8 Å². The number of fused-ring (bicyclic) bond motifs is 1. The Balaban J connectivity index is 1.87. The fourth-order valence-electron chi connectivity index (χ4n) is 3.24. The number of nitrogens with one attached hydrogen (secondary N) is 1. The largest absolute Gasteiger partial charge is 0.496 e. The van der Waals surface area contributed by atoms with Gasteiger partial charge in [0.1, 0.15) is 18.1 Å². The van der Waals surface area contributed by atoms with Crippen molar-refractivity contribution >= 4 is 23.2 Å². The molecule has 0 bridgehead atoms. The van der Waals surface area contributed by atoms with Crippen LogP contribution in [0.25, 0.3) is 5.70 Å². The Hall–Kier alpha value is -3.19. The van der Waals surface area contributed by atoms with E-state index in [9.17, 15) is 0 Å². The van der Waals surface area contributed by atoms with Crippen molar-refractivity contribution in [3.8, 4) is 17.2 Å². The molecule has 8 heteroatoms. The average Bonchev–Trinajstić information content (AvgIpc) is 3.21. The monoisotopic (exact) mass is 398 g/mol. The maximum Gasteiger partial charge on any atom is 0.226 e. The molecule has 4 rings (SSSR count). The minimum Gasteiger partial charge on any atom is -0.496 e. The van der Waals surface area contributed by atoms with Crippen molar-refractivity contribution in [1.29, 1.82) is 0 Å². The number of nitrogens with zero attached hydrogens (tertiary/aromatic N) is 3. The first-order valence-corrected chi connectivity index (χ1v) is 8.96. The van der Waals surface area contributed by atoms with Crippen molar-refractivity contribution in [2.75, 3.05) is 26.6 Å². The van der Waals surface area contributed by atoms with Gasteiger partial charge in [0, 0.05) is 22.3 Å². The zero-order valence-corrected chi connectivity index (χ0v) is 16.4. The predicted octanol–water partition coefficient (Wildman–Crippen LogP) is 4.01. The van der Waals surface area contributed by atoms with Crippen LogP contribution in [0.5, 0.6) is 17.2 Å². The molecule has 1 N–H and O–H groups in total. The topological polar surface area (TPSA) is 70.4 Å². The van der Waals surface area contributed by atoms with E-state index in [1.165, 1.54) is 6.33 Å². The third-order valence-corrected chi connectivity index (χ3v) is 4.87. The molecule has 2 heterocycles. The van der Waals surface area contributed by atoms with E-state index in [0.717, 1.165) is 16.8 Å². The fraction of sp³-hybridized carbons (Fsp3) is 0.200. The third kappa shape index (κ3) is 3.14. The Morgan fingerprint density at radius 1 is 0.964 bits per heavy atom. The summed E-state index contributed by atoms with van der Waals surface area (Å²) in [5.41, 5.74) is 2.77. The summed E-state index contributed by atoms with van der Waals surface area (Å²) >= 11 is 6.03. The molecule has 0 radical (unpaired) electrons. The van der Waals surface area contributed by atoms with E-state index in [0.29, 0.717) is 28.2 Å². The highest BCUT2D eigenvalue weighted by molar-refractivity contribution is 6.30. The van der Waals surface area contributed by atoms with Gasteiger partial charge in [-0.2, -0.15) is 10.1 Å². The first-order chi connectivity index (χ1) is 13.6. The van der Waals surface area contributed by atoms with Gasteiger partial charge >= 0.3 is 0 Å². The second kappa shape index (κ2) is 7.44. The van der Waals surface area contributed by atoms with Gasteiger partial charge in [0.2, 0.25) is 5.95 Å². The maximum absolute atomic E-state index is 6.03. The first kappa shape index (κ1) is 18.2. The molecule has 144 valence electrons. The molecular formula is C20H19ClN4O3. The number of aromatic nitrogens is 3. The van der Waals surface area contributed by atoms with Crippen LogP contribution in [0.2, 0.25) is 5.02 Å². The summed E-state index contributed by atoms with van der Waals surface area (Å²) in [6.07, 6.45) is 3.58. The molecule has 2 aromatic carbocycles. The van der Waals surface area contributed by atoms with Crippen LogP contribution in [0, 0.1) is 0 Å². The highest BCUT2D eigenvalue weighted by atomic mass is 35.5. The summed E-state index contributed by atoms with van der Waals surface area (Å²) in [7, 11) is 4.82. The number of benzene rings is 2. The highest BCUT2D eigenvalue weighted by Gasteiger charge is 2.27. The average molecular weight is 399 g/mol. The van der Waals surface area contributed by atoms with Gasteiger partial charge in [-0.15, -0.1) is 0 Å². The van der Waals surface area contributed by atoms with Crippen molar-refractivity contribution in [1.82, 2.24) is 14.8 Å². The molecule has 0 saturated heterocycles. The van der Waals surface area contributed by atoms with Gasteiger partial charge in [-0.1, -0.05) is 23.7 Å².